The first-order chi connectivity index (χ1) is 6.70. The van der Waals surface area contributed by atoms with Gasteiger partial charge in [-0.3, -0.25) is 4.40 Å². The van der Waals surface area contributed by atoms with Crippen molar-refractivity contribution >= 4 is 17.1 Å². The van der Waals surface area contributed by atoms with E-state index >= 15 is 0 Å². The summed E-state index contributed by atoms with van der Waals surface area (Å²) < 4.78 is 1.94. The summed E-state index contributed by atoms with van der Waals surface area (Å²) in [7, 11) is 0. The fourth-order valence-electron chi connectivity index (χ4n) is 1.34. The quantitative estimate of drug-likeness (QED) is 0.671. The topological polar surface area (TPSA) is 30.2 Å². The SMILES string of the molecule is CC.Cc1nc(C)n2ccnc(Cl)c12. The van der Waals surface area contributed by atoms with E-state index in [0.29, 0.717) is 5.15 Å². The number of fused-ring (bicyclic) bond motifs is 1. The van der Waals surface area contributed by atoms with Gasteiger partial charge >= 0.3 is 0 Å². The molecule has 76 valence electrons. The van der Waals surface area contributed by atoms with E-state index in [2.05, 4.69) is 9.97 Å². The zero-order chi connectivity index (χ0) is 10.7. The third-order valence-corrected chi connectivity index (χ3v) is 2.14. The molecule has 0 bridgehead atoms. The molecule has 0 unspecified atom stereocenters. The molecule has 0 saturated heterocycles. The van der Waals surface area contributed by atoms with E-state index in [0.717, 1.165) is 17.0 Å². The average Bonchev–Trinajstić information content (AvgIpc) is 2.47. The Morgan fingerprint density at radius 2 is 1.93 bits per heavy atom. The molecule has 0 spiro atoms. The maximum absolute atomic E-state index is 5.90. The van der Waals surface area contributed by atoms with Gasteiger partial charge in [0.05, 0.1) is 5.69 Å². The molecule has 2 aromatic heterocycles. The molecule has 0 radical (unpaired) electrons. The summed E-state index contributed by atoms with van der Waals surface area (Å²) in [5.74, 6) is 0.937. The summed E-state index contributed by atoms with van der Waals surface area (Å²) in [6.07, 6.45) is 3.53. The largest absolute Gasteiger partial charge is 0.299 e. The minimum atomic E-state index is 0.510. The van der Waals surface area contributed by atoms with Crippen LogP contribution < -0.4 is 0 Å². The van der Waals surface area contributed by atoms with Crippen molar-refractivity contribution in [2.45, 2.75) is 27.7 Å². The van der Waals surface area contributed by atoms with E-state index in [9.17, 15) is 0 Å². The Morgan fingerprint density at radius 3 is 2.50 bits per heavy atom. The van der Waals surface area contributed by atoms with Crippen LogP contribution in [0.4, 0.5) is 0 Å². The lowest BCUT2D eigenvalue weighted by molar-refractivity contribution is 1.02. The highest BCUT2D eigenvalue weighted by Crippen LogP contribution is 2.18. The van der Waals surface area contributed by atoms with Gasteiger partial charge in [0.25, 0.3) is 0 Å². The van der Waals surface area contributed by atoms with Crippen LogP contribution in [-0.2, 0) is 0 Å². The van der Waals surface area contributed by atoms with Crippen LogP contribution in [0.15, 0.2) is 12.4 Å². The first-order valence-corrected chi connectivity index (χ1v) is 5.03. The molecular formula is C10H14ClN3. The van der Waals surface area contributed by atoms with Crippen LogP contribution in [0.2, 0.25) is 5.15 Å². The third kappa shape index (κ3) is 1.73. The molecule has 2 heterocycles. The standard InChI is InChI=1S/C8H8ClN3.C2H6/c1-5-7-8(9)10-3-4-12(7)6(2)11-5;1-2/h3-4H,1-2H3;1-2H3. The molecule has 0 aliphatic heterocycles. The molecule has 2 aromatic rings. The normalized spacial score (nSPS) is 9.79. The predicted octanol–water partition coefficient (Wildman–Crippen LogP) is 3.03. The van der Waals surface area contributed by atoms with E-state index in [-0.39, 0.29) is 0 Å². The lowest BCUT2D eigenvalue weighted by atomic mass is 10.4. The highest BCUT2D eigenvalue weighted by molar-refractivity contribution is 6.32. The van der Waals surface area contributed by atoms with Crippen molar-refractivity contribution < 1.29 is 0 Å². The number of halogens is 1. The van der Waals surface area contributed by atoms with Gasteiger partial charge in [0.15, 0.2) is 5.15 Å². The molecule has 4 heteroatoms. The lowest BCUT2D eigenvalue weighted by Crippen LogP contribution is -1.88. The van der Waals surface area contributed by atoms with Crippen molar-refractivity contribution in [2.75, 3.05) is 0 Å². The van der Waals surface area contributed by atoms with Gasteiger partial charge in [0, 0.05) is 12.4 Å². The average molecular weight is 212 g/mol. The predicted molar refractivity (Wildman–Crippen MR) is 58.8 cm³/mol. The molecule has 0 fully saturated rings. The lowest BCUT2D eigenvalue weighted by Gasteiger charge is -1.96. The van der Waals surface area contributed by atoms with Gasteiger partial charge in [-0.1, -0.05) is 25.4 Å². The van der Waals surface area contributed by atoms with Crippen LogP contribution in [0.5, 0.6) is 0 Å². The highest BCUT2D eigenvalue weighted by atomic mass is 35.5. The molecule has 2 rings (SSSR count). The molecule has 0 aromatic carbocycles. The fourth-order valence-corrected chi connectivity index (χ4v) is 1.63. The van der Waals surface area contributed by atoms with Crippen LogP contribution in [0.1, 0.15) is 25.4 Å². The van der Waals surface area contributed by atoms with E-state index < -0.39 is 0 Å². The molecule has 0 aliphatic carbocycles. The molecule has 0 aliphatic rings. The Bertz CT molecular complexity index is 434. The van der Waals surface area contributed by atoms with Gasteiger partial charge in [0.2, 0.25) is 0 Å². The molecular weight excluding hydrogens is 198 g/mol. The van der Waals surface area contributed by atoms with Gasteiger partial charge in [0.1, 0.15) is 11.3 Å². The van der Waals surface area contributed by atoms with Gasteiger partial charge in [-0.15, -0.1) is 0 Å². The first-order valence-electron chi connectivity index (χ1n) is 4.66. The third-order valence-electron chi connectivity index (χ3n) is 1.86. The Balaban J connectivity index is 0.000000461. The van der Waals surface area contributed by atoms with Crippen LogP contribution in [0.25, 0.3) is 5.52 Å². The fraction of sp³-hybridized carbons (Fsp3) is 0.400. The van der Waals surface area contributed by atoms with E-state index in [1.807, 2.05) is 38.3 Å². The second-order valence-electron chi connectivity index (χ2n) is 2.68. The Kier molecular flexibility index (Phi) is 3.47. The molecule has 14 heavy (non-hydrogen) atoms. The van der Waals surface area contributed by atoms with Crippen molar-refractivity contribution in [2.24, 2.45) is 0 Å². The second kappa shape index (κ2) is 4.42. The van der Waals surface area contributed by atoms with Gasteiger partial charge in [-0.25, -0.2) is 9.97 Å². The van der Waals surface area contributed by atoms with Gasteiger partial charge in [-0.05, 0) is 13.8 Å². The van der Waals surface area contributed by atoms with E-state index in [1.165, 1.54) is 0 Å². The first kappa shape index (κ1) is 11.0. The summed E-state index contributed by atoms with van der Waals surface area (Å²) in [4.78, 5) is 8.28. The smallest absolute Gasteiger partial charge is 0.154 e. The minimum absolute atomic E-state index is 0.510. The molecule has 0 atom stereocenters. The number of hydrogen-bond acceptors (Lipinski definition) is 2. The van der Waals surface area contributed by atoms with Crippen LogP contribution in [0.3, 0.4) is 0 Å². The van der Waals surface area contributed by atoms with E-state index in [1.54, 1.807) is 6.20 Å². The zero-order valence-electron chi connectivity index (χ0n) is 8.87. The van der Waals surface area contributed by atoms with Crippen molar-refractivity contribution in [3.05, 3.63) is 29.1 Å². The van der Waals surface area contributed by atoms with Crippen molar-refractivity contribution in [1.82, 2.24) is 14.4 Å². The number of rotatable bonds is 0. The Labute approximate surface area is 88.8 Å². The Morgan fingerprint density at radius 1 is 1.29 bits per heavy atom. The number of hydrogen-bond donors (Lipinski definition) is 0. The highest BCUT2D eigenvalue weighted by Gasteiger charge is 2.07. The number of nitrogens with zero attached hydrogens (tertiary/aromatic N) is 3. The number of imidazole rings is 1. The molecule has 3 nitrogen and oxygen atoms in total. The zero-order valence-corrected chi connectivity index (χ0v) is 9.63. The summed E-state index contributed by atoms with van der Waals surface area (Å²) in [6, 6.07) is 0. The van der Waals surface area contributed by atoms with Crippen LogP contribution >= 0.6 is 11.6 Å². The van der Waals surface area contributed by atoms with Crippen molar-refractivity contribution in [1.29, 1.82) is 0 Å². The van der Waals surface area contributed by atoms with Crippen molar-refractivity contribution in [3.8, 4) is 0 Å². The maximum Gasteiger partial charge on any atom is 0.154 e. The van der Waals surface area contributed by atoms with E-state index in [4.69, 9.17) is 11.6 Å². The Hall–Kier alpha value is -1.09. The summed E-state index contributed by atoms with van der Waals surface area (Å²) in [6.45, 7) is 7.87. The maximum atomic E-state index is 5.90. The monoisotopic (exact) mass is 211 g/mol. The summed E-state index contributed by atoms with van der Waals surface area (Å²) >= 11 is 5.90. The summed E-state index contributed by atoms with van der Waals surface area (Å²) in [5.41, 5.74) is 1.82. The van der Waals surface area contributed by atoms with Crippen molar-refractivity contribution in [3.63, 3.8) is 0 Å². The van der Waals surface area contributed by atoms with Crippen LogP contribution in [-0.4, -0.2) is 14.4 Å². The molecule has 0 amide bonds. The number of aromatic nitrogens is 3. The summed E-state index contributed by atoms with van der Waals surface area (Å²) in [5, 5.41) is 0.510. The second-order valence-corrected chi connectivity index (χ2v) is 3.04. The minimum Gasteiger partial charge on any atom is -0.299 e. The number of aryl methyl sites for hydroxylation is 2. The van der Waals surface area contributed by atoms with Gasteiger partial charge < -0.3 is 0 Å². The van der Waals surface area contributed by atoms with Crippen LogP contribution in [0, 0.1) is 13.8 Å². The van der Waals surface area contributed by atoms with Gasteiger partial charge in [-0.2, -0.15) is 0 Å². The molecule has 0 N–H and O–H groups in total. The molecule has 0 saturated carbocycles.